The summed E-state index contributed by atoms with van der Waals surface area (Å²) in [5, 5.41) is 0. The van der Waals surface area contributed by atoms with Crippen LogP contribution in [0, 0.1) is 0 Å². The van der Waals surface area contributed by atoms with E-state index in [4.69, 9.17) is 4.74 Å². The monoisotopic (exact) mass is 164 g/mol. The van der Waals surface area contributed by atoms with Crippen LogP contribution in [0.3, 0.4) is 0 Å². The van der Waals surface area contributed by atoms with Crippen LogP contribution in [-0.4, -0.2) is 22.9 Å². The van der Waals surface area contributed by atoms with E-state index >= 15 is 0 Å². The SMILES string of the molecule is C=CC(=O)c1cnc(OC)cn1. The van der Waals surface area contributed by atoms with Crippen LogP contribution < -0.4 is 4.74 Å². The van der Waals surface area contributed by atoms with Crippen molar-refractivity contribution in [3.63, 3.8) is 0 Å². The van der Waals surface area contributed by atoms with Crippen molar-refractivity contribution in [3.05, 3.63) is 30.7 Å². The summed E-state index contributed by atoms with van der Waals surface area (Å²) in [6.07, 6.45) is 3.93. The van der Waals surface area contributed by atoms with Crippen LogP contribution in [0.1, 0.15) is 10.5 Å². The van der Waals surface area contributed by atoms with Gasteiger partial charge in [-0.1, -0.05) is 6.58 Å². The van der Waals surface area contributed by atoms with E-state index in [1.54, 1.807) is 0 Å². The van der Waals surface area contributed by atoms with Crippen LogP contribution in [0.5, 0.6) is 5.88 Å². The average Bonchev–Trinajstić information content (AvgIpc) is 2.17. The number of carbonyl (C=O) groups excluding carboxylic acids is 1. The van der Waals surface area contributed by atoms with Gasteiger partial charge in [0.25, 0.3) is 0 Å². The number of rotatable bonds is 3. The van der Waals surface area contributed by atoms with Gasteiger partial charge in [0, 0.05) is 0 Å². The van der Waals surface area contributed by atoms with Crippen molar-refractivity contribution in [3.8, 4) is 5.88 Å². The van der Waals surface area contributed by atoms with E-state index in [-0.39, 0.29) is 11.5 Å². The molecule has 0 aliphatic carbocycles. The Morgan fingerprint density at radius 2 is 2.33 bits per heavy atom. The van der Waals surface area contributed by atoms with E-state index in [0.29, 0.717) is 5.88 Å². The molecule has 1 heterocycles. The van der Waals surface area contributed by atoms with Crippen LogP contribution in [-0.2, 0) is 0 Å². The topological polar surface area (TPSA) is 52.1 Å². The highest BCUT2D eigenvalue weighted by atomic mass is 16.5. The Kier molecular flexibility index (Phi) is 2.53. The minimum absolute atomic E-state index is 0.245. The third kappa shape index (κ3) is 1.66. The molecule has 0 saturated heterocycles. The minimum Gasteiger partial charge on any atom is -0.480 e. The third-order valence-corrected chi connectivity index (χ3v) is 1.28. The molecule has 4 heteroatoms. The Labute approximate surface area is 69.9 Å². The van der Waals surface area contributed by atoms with Gasteiger partial charge in [0.05, 0.1) is 19.5 Å². The van der Waals surface area contributed by atoms with Gasteiger partial charge in [0.15, 0.2) is 0 Å². The van der Waals surface area contributed by atoms with E-state index in [2.05, 4.69) is 16.5 Å². The predicted octanol–water partition coefficient (Wildman–Crippen LogP) is 0.854. The van der Waals surface area contributed by atoms with Crippen LogP contribution in [0.2, 0.25) is 0 Å². The largest absolute Gasteiger partial charge is 0.480 e. The molecule has 0 bridgehead atoms. The number of hydrogen-bond acceptors (Lipinski definition) is 4. The number of aromatic nitrogens is 2. The second-order valence-corrected chi connectivity index (χ2v) is 2.01. The first-order valence-corrected chi connectivity index (χ1v) is 3.30. The lowest BCUT2D eigenvalue weighted by Crippen LogP contribution is -1.99. The first-order valence-electron chi connectivity index (χ1n) is 3.30. The third-order valence-electron chi connectivity index (χ3n) is 1.28. The molecule has 4 nitrogen and oxygen atoms in total. The lowest BCUT2D eigenvalue weighted by Gasteiger charge is -1.97. The zero-order chi connectivity index (χ0) is 8.97. The Morgan fingerprint density at radius 1 is 1.58 bits per heavy atom. The van der Waals surface area contributed by atoms with Gasteiger partial charge in [0.2, 0.25) is 11.7 Å². The van der Waals surface area contributed by atoms with Crippen LogP contribution in [0.25, 0.3) is 0 Å². The molecule has 0 fully saturated rings. The molecule has 0 aliphatic rings. The van der Waals surface area contributed by atoms with Gasteiger partial charge in [0.1, 0.15) is 5.69 Å². The highest BCUT2D eigenvalue weighted by Crippen LogP contribution is 2.02. The fraction of sp³-hybridized carbons (Fsp3) is 0.125. The van der Waals surface area contributed by atoms with Gasteiger partial charge >= 0.3 is 0 Å². The molecule has 62 valence electrons. The lowest BCUT2D eigenvalue weighted by molar-refractivity contribution is 0.104. The minimum atomic E-state index is -0.245. The molecule has 0 aromatic carbocycles. The highest BCUT2D eigenvalue weighted by molar-refractivity contribution is 6.02. The maximum Gasteiger partial charge on any atom is 0.232 e. The second-order valence-electron chi connectivity index (χ2n) is 2.01. The number of allylic oxidation sites excluding steroid dienone is 1. The predicted molar refractivity (Wildman–Crippen MR) is 43.1 cm³/mol. The van der Waals surface area contributed by atoms with Gasteiger partial charge in [-0.2, -0.15) is 0 Å². The van der Waals surface area contributed by atoms with E-state index in [1.165, 1.54) is 25.6 Å². The Hall–Kier alpha value is -1.71. The molecule has 0 spiro atoms. The van der Waals surface area contributed by atoms with Crippen molar-refractivity contribution < 1.29 is 9.53 Å². The molecule has 0 atom stereocenters. The zero-order valence-electron chi connectivity index (χ0n) is 6.65. The van der Waals surface area contributed by atoms with Crippen molar-refractivity contribution in [2.24, 2.45) is 0 Å². The molecule has 0 radical (unpaired) electrons. The van der Waals surface area contributed by atoms with Gasteiger partial charge in [-0.3, -0.25) is 4.79 Å². The summed E-state index contributed by atoms with van der Waals surface area (Å²) in [6, 6.07) is 0. The number of ether oxygens (including phenoxy) is 1. The van der Waals surface area contributed by atoms with Gasteiger partial charge < -0.3 is 4.74 Å². The molecule has 1 aromatic heterocycles. The highest BCUT2D eigenvalue weighted by Gasteiger charge is 2.02. The average molecular weight is 164 g/mol. The van der Waals surface area contributed by atoms with E-state index in [1.807, 2.05) is 0 Å². The maximum absolute atomic E-state index is 11.0. The molecule has 1 rings (SSSR count). The first-order chi connectivity index (χ1) is 5.77. The Balaban J connectivity index is 2.91. The number of carbonyl (C=O) groups is 1. The van der Waals surface area contributed by atoms with Crippen molar-refractivity contribution in [1.82, 2.24) is 9.97 Å². The van der Waals surface area contributed by atoms with Crippen molar-refractivity contribution in [2.45, 2.75) is 0 Å². The van der Waals surface area contributed by atoms with Gasteiger partial charge in [-0.25, -0.2) is 9.97 Å². The molecule has 0 saturated carbocycles. The van der Waals surface area contributed by atoms with E-state index in [0.717, 1.165) is 0 Å². The fourth-order valence-corrected chi connectivity index (χ4v) is 0.653. The molecule has 0 amide bonds. The summed E-state index contributed by atoms with van der Waals surface area (Å²) >= 11 is 0. The molecular weight excluding hydrogens is 156 g/mol. The number of methoxy groups -OCH3 is 1. The van der Waals surface area contributed by atoms with Crippen molar-refractivity contribution in [1.29, 1.82) is 0 Å². The summed E-state index contributed by atoms with van der Waals surface area (Å²) in [5.74, 6) is 0.140. The summed E-state index contributed by atoms with van der Waals surface area (Å²) < 4.78 is 4.77. The summed E-state index contributed by atoms with van der Waals surface area (Å²) in [4.78, 5) is 18.6. The van der Waals surface area contributed by atoms with Gasteiger partial charge in [-0.05, 0) is 6.08 Å². The lowest BCUT2D eigenvalue weighted by atomic mass is 10.3. The summed E-state index contributed by atoms with van der Waals surface area (Å²) in [7, 11) is 1.49. The zero-order valence-corrected chi connectivity index (χ0v) is 6.65. The summed E-state index contributed by atoms with van der Waals surface area (Å²) in [5.41, 5.74) is 0.269. The molecule has 0 N–H and O–H groups in total. The maximum atomic E-state index is 11.0. The first kappa shape index (κ1) is 8.39. The standard InChI is InChI=1S/C8H8N2O2/c1-3-7(11)6-4-10-8(12-2)5-9-6/h3-5H,1H2,2H3. The fourth-order valence-electron chi connectivity index (χ4n) is 0.653. The van der Waals surface area contributed by atoms with Gasteiger partial charge in [-0.15, -0.1) is 0 Å². The van der Waals surface area contributed by atoms with Crippen LogP contribution >= 0.6 is 0 Å². The number of ketones is 1. The van der Waals surface area contributed by atoms with E-state index < -0.39 is 0 Å². The van der Waals surface area contributed by atoms with Crippen LogP contribution in [0.4, 0.5) is 0 Å². The normalized spacial score (nSPS) is 9.08. The Bertz CT molecular complexity index is 292. The molecule has 12 heavy (non-hydrogen) atoms. The Morgan fingerprint density at radius 3 is 2.75 bits per heavy atom. The molecule has 0 unspecified atom stereocenters. The second kappa shape index (κ2) is 3.61. The number of hydrogen-bond donors (Lipinski definition) is 0. The van der Waals surface area contributed by atoms with E-state index in [9.17, 15) is 4.79 Å². The quantitative estimate of drug-likeness (QED) is 0.491. The molecule has 0 aliphatic heterocycles. The van der Waals surface area contributed by atoms with Crippen LogP contribution in [0.15, 0.2) is 25.0 Å². The summed E-state index contributed by atoms with van der Waals surface area (Å²) in [6.45, 7) is 3.33. The van der Waals surface area contributed by atoms with Crippen molar-refractivity contribution >= 4 is 5.78 Å². The number of nitrogens with zero attached hydrogens (tertiary/aromatic N) is 2. The molecule has 1 aromatic rings. The van der Waals surface area contributed by atoms with Crippen molar-refractivity contribution in [2.75, 3.05) is 7.11 Å². The smallest absolute Gasteiger partial charge is 0.232 e. The molecular formula is C8H8N2O2.